The molecule has 7 nitrogen and oxygen atoms in total. The summed E-state index contributed by atoms with van der Waals surface area (Å²) in [6, 6.07) is 19.9. The molecule has 178 valence electrons. The Morgan fingerprint density at radius 2 is 1.57 bits per heavy atom. The van der Waals surface area contributed by atoms with E-state index in [-0.39, 0.29) is 12.5 Å². The van der Waals surface area contributed by atoms with Crippen molar-refractivity contribution in [1.82, 2.24) is 9.97 Å². The van der Waals surface area contributed by atoms with E-state index in [1.54, 1.807) is 60.7 Å². The zero-order valence-corrected chi connectivity index (χ0v) is 19.8. The Morgan fingerprint density at radius 1 is 0.914 bits per heavy atom. The first-order chi connectivity index (χ1) is 17.0. The number of hydrogen-bond acceptors (Lipinski definition) is 6. The summed E-state index contributed by atoms with van der Waals surface area (Å²) in [5, 5.41) is 6.61. The summed E-state index contributed by atoms with van der Waals surface area (Å²) in [5.41, 5.74) is 2.66. The molecule has 1 amide bonds. The van der Waals surface area contributed by atoms with Crippen LogP contribution < -0.4 is 20.1 Å². The molecule has 35 heavy (non-hydrogen) atoms. The smallest absolute Gasteiger partial charge is 0.255 e. The molecule has 2 N–H and O–H groups in total. The molecule has 0 aliphatic carbocycles. The van der Waals surface area contributed by atoms with Gasteiger partial charge in [0.25, 0.3) is 5.91 Å². The van der Waals surface area contributed by atoms with E-state index in [1.807, 2.05) is 6.07 Å². The number of carbonyl (C=O) groups is 1. The lowest BCUT2D eigenvalue weighted by Gasteiger charge is -2.14. The quantitative estimate of drug-likeness (QED) is 0.322. The van der Waals surface area contributed by atoms with Crippen LogP contribution in [0.15, 0.2) is 72.8 Å². The molecule has 0 aliphatic heterocycles. The van der Waals surface area contributed by atoms with Gasteiger partial charge >= 0.3 is 0 Å². The predicted molar refractivity (Wildman–Crippen MR) is 134 cm³/mol. The summed E-state index contributed by atoms with van der Waals surface area (Å²) in [5.74, 6) is 0.340. The molecule has 1 heterocycles. The molecular weight excluding hydrogens is 471 g/mol. The molecule has 0 saturated heterocycles. The number of benzene rings is 3. The SMILES string of the molecule is COc1cc(OC)nc(-c2ccc(F)c(CNc3ccccc3NC(=O)c3ccc(Cl)cc3)c2)n1. The zero-order valence-electron chi connectivity index (χ0n) is 19.0. The van der Waals surface area contributed by atoms with Crippen molar-refractivity contribution < 1.29 is 18.7 Å². The van der Waals surface area contributed by atoms with Crippen LogP contribution in [0.4, 0.5) is 15.8 Å². The summed E-state index contributed by atoms with van der Waals surface area (Å²) in [7, 11) is 2.99. The molecule has 0 atom stereocenters. The molecule has 9 heteroatoms. The molecule has 0 bridgehead atoms. The first-order valence-electron chi connectivity index (χ1n) is 10.6. The van der Waals surface area contributed by atoms with Crippen molar-refractivity contribution in [2.75, 3.05) is 24.9 Å². The summed E-state index contributed by atoms with van der Waals surface area (Å²) in [6.45, 7) is 0.161. The molecule has 0 aliphatic rings. The van der Waals surface area contributed by atoms with Crippen molar-refractivity contribution in [2.45, 2.75) is 6.54 Å². The van der Waals surface area contributed by atoms with Gasteiger partial charge in [-0.15, -0.1) is 0 Å². The fraction of sp³-hybridized carbons (Fsp3) is 0.115. The van der Waals surface area contributed by atoms with Gasteiger partial charge in [0, 0.05) is 28.3 Å². The molecular formula is C26H22ClFN4O3. The van der Waals surface area contributed by atoms with Crippen molar-refractivity contribution in [2.24, 2.45) is 0 Å². The maximum atomic E-state index is 14.6. The highest BCUT2D eigenvalue weighted by Gasteiger charge is 2.13. The van der Waals surface area contributed by atoms with E-state index in [4.69, 9.17) is 21.1 Å². The normalized spacial score (nSPS) is 10.5. The third-order valence-electron chi connectivity index (χ3n) is 5.15. The number of halogens is 2. The first kappa shape index (κ1) is 24.0. The van der Waals surface area contributed by atoms with Gasteiger partial charge in [-0.1, -0.05) is 23.7 Å². The predicted octanol–water partition coefficient (Wildman–Crippen LogP) is 5.82. The van der Waals surface area contributed by atoms with E-state index < -0.39 is 5.82 Å². The van der Waals surface area contributed by atoms with E-state index in [0.717, 1.165) is 0 Å². The lowest BCUT2D eigenvalue weighted by atomic mass is 10.1. The number of nitrogens with zero attached hydrogens (tertiary/aromatic N) is 2. The highest BCUT2D eigenvalue weighted by molar-refractivity contribution is 6.30. The van der Waals surface area contributed by atoms with Crippen molar-refractivity contribution in [3.63, 3.8) is 0 Å². The standard InChI is InChI=1S/C26H22ClFN4O3/c1-34-23-14-24(35-2)32-25(31-23)17-9-12-20(28)18(13-17)15-29-21-5-3-4-6-22(21)30-26(33)16-7-10-19(27)11-8-16/h3-14,29H,15H2,1-2H3,(H,30,33). The van der Waals surface area contributed by atoms with Gasteiger partial charge in [0.05, 0.1) is 31.7 Å². The average Bonchev–Trinajstić information content (AvgIpc) is 2.89. The number of methoxy groups -OCH3 is 2. The van der Waals surface area contributed by atoms with Crippen LogP contribution in [0.2, 0.25) is 5.02 Å². The third-order valence-corrected chi connectivity index (χ3v) is 5.40. The second-order valence-corrected chi connectivity index (χ2v) is 7.88. The molecule has 0 unspecified atom stereocenters. The highest BCUT2D eigenvalue weighted by atomic mass is 35.5. The van der Waals surface area contributed by atoms with Crippen molar-refractivity contribution >= 4 is 28.9 Å². The van der Waals surface area contributed by atoms with Gasteiger partial charge in [0.15, 0.2) is 5.82 Å². The van der Waals surface area contributed by atoms with Crippen molar-refractivity contribution in [1.29, 1.82) is 0 Å². The fourth-order valence-corrected chi connectivity index (χ4v) is 3.45. The topological polar surface area (TPSA) is 85.4 Å². The molecule has 3 aromatic carbocycles. The van der Waals surface area contributed by atoms with E-state index in [1.165, 1.54) is 20.3 Å². The van der Waals surface area contributed by atoms with E-state index in [9.17, 15) is 9.18 Å². The molecule has 0 fully saturated rings. The van der Waals surface area contributed by atoms with Crippen LogP contribution in [0, 0.1) is 5.82 Å². The van der Waals surface area contributed by atoms with Gasteiger partial charge in [0.1, 0.15) is 5.82 Å². The summed E-state index contributed by atoms with van der Waals surface area (Å²) >= 11 is 5.90. The minimum Gasteiger partial charge on any atom is -0.481 e. The monoisotopic (exact) mass is 492 g/mol. The Labute approximate surface area is 206 Å². The molecule has 4 rings (SSSR count). The van der Waals surface area contributed by atoms with Crippen molar-refractivity contribution in [3.8, 4) is 23.1 Å². The first-order valence-corrected chi connectivity index (χ1v) is 11.0. The molecule has 0 radical (unpaired) electrons. The van der Waals surface area contributed by atoms with Gasteiger partial charge in [-0.3, -0.25) is 4.79 Å². The molecule has 0 saturated carbocycles. The minimum atomic E-state index is -0.390. The van der Waals surface area contributed by atoms with Crippen molar-refractivity contribution in [3.05, 3.63) is 94.8 Å². The highest BCUT2D eigenvalue weighted by Crippen LogP contribution is 2.26. The lowest BCUT2D eigenvalue weighted by molar-refractivity contribution is 0.102. The Balaban J connectivity index is 1.54. The molecule has 4 aromatic rings. The van der Waals surface area contributed by atoms with Gasteiger partial charge in [0.2, 0.25) is 11.8 Å². The van der Waals surface area contributed by atoms with Crippen LogP contribution in [0.25, 0.3) is 11.4 Å². The summed E-state index contributed by atoms with van der Waals surface area (Å²) in [4.78, 5) is 21.3. The number of para-hydroxylation sites is 2. The maximum Gasteiger partial charge on any atom is 0.255 e. The maximum absolute atomic E-state index is 14.6. The second kappa shape index (κ2) is 10.8. The number of aromatic nitrogens is 2. The average molecular weight is 493 g/mol. The van der Waals surface area contributed by atoms with E-state index >= 15 is 0 Å². The largest absolute Gasteiger partial charge is 0.481 e. The van der Waals surface area contributed by atoms with Crippen LogP contribution >= 0.6 is 11.6 Å². The van der Waals surface area contributed by atoms with Crippen LogP contribution in [-0.4, -0.2) is 30.1 Å². The van der Waals surface area contributed by atoms with Gasteiger partial charge in [-0.2, -0.15) is 9.97 Å². The van der Waals surface area contributed by atoms with Gasteiger partial charge in [-0.05, 0) is 54.6 Å². The van der Waals surface area contributed by atoms with Crippen LogP contribution in [-0.2, 0) is 6.54 Å². The number of nitrogens with one attached hydrogen (secondary N) is 2. The Hall–Kier alpha value is -4.17. The summed E-state index contributed by atoms with van der Waals surface area (Å²) < 4.78 is 25.0. The van der Waals surface area contributed by atoms with Gasteiger partial charge in [-0.25, -0.2) is 4.39 Å². The second-order valence-electron chi connectivity index (χ2n) is 7.44. The fourth-order valence-electron chi connectivity index (χ4n) is 3.32. The van der Waals surface area contributed by atoms with Crippen LogP contribution in [0.1, 0.15) is 15.9 Å². The Morgan fingerprint density at radius 3 is 2.23 bits per heavy atom. The minimum absolute atomic E-state index is 0.161. The molecule has 0 spiro atoms. The number of rotatable bonds is 8. The molecule has 1 aromatic heterocycles. The zero-order chi connectivity index (χ0) is 24.8. The number of ether oxygens (including phenoxy) is 2. The summed E-state index contributed by atoms with van der Waals surface area (Å²) in [6.07, 6.45) is 0. The third kappa shape index (κ3) is 5.85. The number of amides is 1. The lowest BCUT2D eigenvalue weighted by Crippen LogP contribution is -2.13. The van der Waals surface area contributed by atoms with Gasteiger partial charge < -0.3 is 20.1 Å². The van der Waals surface area contributed by atoms with Crippen LogP contribution in [0.5, 0.6) is 11.8 Å². The van der Waals surface area contributed by atoms with E-state index in [2.05, 4.69) is 20.6 Å². The van der Waals surface area contributed by atoms with Crippen LogP contribution in [0.3, 0.4) is 0 Å². The number of anilines is 2. The number of hydrogen-bond donors (Lipinski definition) is 2. The Kier molecular flexibility index (Phi) is 7.42. The van der Waals surface area contributed by atoms with E-state index in [0.29, 0.717) is 50.7 Å². The Bertz CT molecular complexity index is 1330. The number of carbonyl (C=O) groups excluding carboxylic acids is 1.